The molecule has 0 heterocycles. The van der Waals surface area contributed by atoms with Crippen LogP contribution in [0.5, 0.6) is 5.75 Å². The van der Waals surface area contributed by atoms with Gasteiger partial charge in [0, 0.05) is 51.9 Å². The summed E-state index contributed by atoms with van der Waals surface area (Å²) in [5.41, 5.74) is 0.878. The van der Waals surface area contributed by atoms with Gasteiger partial charge in [-0.3, -0.25) is 9.79 Å². The molecule has 1 aromatic rings. The highest BCUT2D eigenvalue weighted by molar-refractivity contribution is 5.93. The van der Waals surface area contributed by atoms with Gasteiger partial charge in [-0.25, -0.2) is 0 Å². The molecule has 0 fully saturated rings. The molecule has 0 aliphatic heterocycles. The molecule has 1 aromatic carbocycles. The number of rotatable bonds is 11. The van der Waals surface area contributed by atoms with Gasteiger partial charge in [0.05, 0.1) is 13.2 Å². The predicted molar refractivity (Wildman–Crippen MR) is 99.3 cm³/mol. The van der Waals surface area contributed by atoms with Crippen molar-refractivity contribution in [1.29, 1.82) is 0 Å². The molecule has 0 unspecified atom stereocenters. The fourth-order valence-electron chi connectivity index (χ4n) is 2.05. The van der Waals surface area contributed by atoms with Gasteiger partial charge in [-0.2, -0.15) is 0 Å². The largest absolute Gasteiger partial charge is 0.493 e. The normalized spacial score (nSPS) is 11.1. The third-order valence-electron chi connectivity index (χ3n) is 3.24. The molecule has 25 heavy (non-hydrogen) atoms. The van der Waals surface area contributed by atoms with Crippen molar-refractivity contribution in [1.82, 2.24) is 5.32 Å². The second-order valence-corrected chi connectivity index (χ2v) is 5.26. The monoisotopic (exact) mass is 351 g/mol. The maximum atomic E-state index is 11.3. The summed E-state index contributed by atoms with van der Waals surface area (Å²) in [4.78, 5) is 15.5. The summed E-state index contributed by atoms with van der Waals surface area (Å²) in [6, 6.07) is 7.68. The van der Waals surface area contributed by atoms with E-state index in [0.29, 0.717) is 45.2 Å². The molecule has 0 aliphatic carbocycles. The number of methoxy groups -OCH3 is 1. The van der Waals surface area contributed by atoms with Crippen molar-refractivity contribution in [3.05, 3.63) is 24.3 Å². The number of nitrogens with one attached hydrogen (secondary N) is 2. The van der Waals surface area contributed by atoms with Crippen LogP contribution in [0.3, 0.4) is 0 Å². The summed E-state index contributed by atoms with van der Waals surface area (Å²) in [6.45, 7) is 4.14. The molecule has 0 saturated carbocycles. The summed E-state index contributed by atoms with van der Waals surface area (Å²) in [7, 11) is 3.38. The Morgan fingerprint density at radius 1 is 1.24 bits per heavy atom. The number of carbonyl (C=O) groups is 1. The molecule has 0 amide bonds. The maximum Gasteiger partial charge on any atom is 0.305 e. The summed E-state index contributed by atoms with van der Waals surface area (Å²) < 4.78 is 15.6. The molecule has 1 rings (SSSR count). The Hall–Kier alpha value is -2.28. The van der Waals surface area contributed by atoms with E-state index in [4.69, 9.17) is 14.2 Å². The van der Waals surface area contributed by atoms with Gasteiger partial charge < -0.3 is 24.8 Å². The van der Waals surface area contributed by atoms with Gasteiger partial charge in [0.2, 0.25) is 0 Å². The Morgan fingerprint density at radius 2 is 2.08 bits per heavy atom. The van der Waals surface area contributed by atoms with Crippen molar-refractivity contribution < 1.29 is 19.0 Å². The highest BCUT2D eigenvalue weighted by Crippen LogP contribution is 2.17. The molecule has 140 valence electrons. The summed E-state index contributed by atoms with van der Waals surface area (Å²) in [5, 5.41) is 6.37. The average molecular weight is 351 g/mol. The number of hydrogen-bond acceptors (Lipinski definition) is 5. The van der Waals surface area contributed by atoms with Crippen LogP contribution >= 0.6 is 0 Å². The molecule has 0 aromatic heterocycles. The SMILES string of the molecule is CCOC(=O)CCCNC(=NC)Nc1cccc(OCCCOC)c1. The second kappa shape index (κ2) is 13.1. The van der Waals surface area contributed by atoms with E-state index >= 15 is 0 Å². The number of guanidine groups is 1. The first-order valence-corrected chi connectivity index (χ1v) is 8.54. The lowest BCUT2D eigenvalue weighted by molar-refractivity contribution is -0.143. The first-order chi connectivity index (χ1) is 12.2. The standard InChI is InChI=1S/C18H29N3O4/c1-4-24-17(22)10-6-11-20-18(19-2)21-15-8-5-9-16(14-15)25-13-7-12-23-3/h5,8-9,14H,4,6-7,10-13H2,1-3H3,(H2,19,20,21). The van der Waals surface area contributed by atoms with Crippen LogP contribution in [-0.2, 0) is 14.3 Å². The van der Waals surface area contributed by atoms with E-state index in [1.54, 1.807) is 21.1 Å². The fourth-order valence-corrected chi connectivity index (χ4v) is 2.05. The van der Waals surface area contributed by atoms with Gasteiger partial charge >= 0.3 is 5.97 Å². The van der Waals surface area contributed by atoms with E-state index in [1.807, 2.05) is 24.3 Å². The first kappa shape index (κ1) is 20.8. The fraction of sp³-hybridized carbons (Fsp3) is 0.556. The molecule has 2 N–H and O–H groups in total. The zero-order valence-electron chi connectivity index (χ0n) is 15.3. The van der Waals surface area contributed by atoms with E-state index in [1.165, 1.54) is 0 Å². The molecule has 0 radical (unpaired) electrons. The van der Waals surface area contributed by atoms with Crippen LogP contribution in [0.15, 0.2) is 29.3 Å². The van der Waals surface area contributed by atoms with Crippen molar-refractivity contribution in [2.75, 3.05) is 45.8 Å². The Bertz CT molecular complexity index is 535. The lowest BCUT2D eigenvalue weighted by atomic mass is 10.3. The second-order valence-electron chi connectivity index (χ2n) is 5.26. The van der Waals surface area contributed by atoms with Crippen molar-refractivity contribution in [2.24, 2.45) is 4.99 Å². The van der Waals surface area contributed by atoms with Crippen LogP contribution in [-0.4, -0.2) is 52.5 Å². The predicted octanol–water partition coefficient (Wildman–Crippen LogP) is 2.43. The Kier molecular flexibility index (Phi) is 10.8. The molecule has 7 heteroatoms. The minimum Gasteiger partial charge on any atom is -0.493 e. The van der Waals surface area contributed by atoms with Crippen molar-refractivity contribution in [2.45, 2.75) is 26.2 Å². The number of nitrogens with zero attached hydrogens (tertiary/aromatic N) is 1. The Morgan fingerprint density at radius 3 is 2.80 bits per heavy atom. The Balaban J connectivity index is 2.38. The Labute approximate surface area is 149 Å². The lowest BCUT2D eigenvalue weighted by Crippen LogP contribution is -2.31. The summed E-state index contributed by atoms with van der Waals surface area (Å²) in [6.07, 6.45) is 1.92. The number of esters is 1. The molecular formula is C18H29N3O4. The van der Waals surface area contributed by atoms with E-state index in [2.05, 4.69) is 15.6 Å². The van der Waals surface area contributed by atoms with Crippen molar-refractivity contribution in [3.8, 4) is 5.75 Å². The van der Waals surface area contributed by atoms with E-state index in [9.17, 15) is 4.79 Å². The zero-order chi connectivity index (χ0) is 18.3. The van der Waals surface area contributed by atoms with E-state index < -0.39 is 0 Å². The van der Waals surface area contributed by atoms with Crippen LogP contribution in [0, 0.1) is 0 Å². The minimum atomic E-state index is -0.175. The van der Waals surface area contributed by atoms with Gasteiger partial charge in [0.15, 0.2) is 5.96 Å². The van der Waals surface area contributed by atoms with Gasteiger partial charge in [0.25, 0.3) is 0 Å². The number of carbonyl (C=O) groups excluding carboxylic acids is 1. The number of hydrogen-bond donors (Lipinski definition) is 2. The highest BCUT2D eigenvalue weighted by atomic mass is 16.5. The van der Waals surface area contributed by atoms with Gasteiger partial charge in [-0.15, -0.1) is 0 Å². The number of anilines is 1. The van der Waals surface area contributed by atoms with Gasteiger partial charge in [-0.05, 0) is 25.5 Å². The third-order valence-corrected chi connectivity index (χ3v) is 3.24. The molecule has 0 saturated heterocycles. The van der Waals surface area contributed by atoms with Crippen LogP contribution in [0.25, 0.3) is 0 Å². The quantitative estimate of drug-likeness (QED) is 0.276. The zero-order valence-corrected chi connectivity index (χ0v) is 15.3. The number of aliphatic imine (C=N–C) groups is 1. The van der Waals surface area contributed by atoms with Crippen LogP contribution in [0.1, 0.15) is 26.2 Å². The van der Waals surface area contributed by atoms with Gasteiger partial charge in [-0.1, -0.05) is 6.07 Å². The summed E-state index contributed by atoms with van der Waals surface area (Å²) >= 11 is 0. The van der Waals surface area contributed by atoms with Crippen molar-refractivity contribution in [3.63, 3.8) is 0 Å². The smallest absolute Gasteiger partial charge is 0.305 e. The average Bonchev–Trinajstić information content (AvgIpc) is 2.62. The van der Waals surface area contributed by atoms with Crippen LogP contribution in [0.2, 0.25) is 0 Å². The number of benzene rings is 1. The van der Waals surface area contributed by atoms with E-state index in [-0.39, 0.29) is 5.97 Å². The molecule has 7 nitrogen and oxygen atoms in total. The van der Waals surface area contributed by atoms with Crippen molar-refractivity contribution >= 4 is 17.6 Å². The van der Waals surface area contributed by atoms with Crippen LogP contribution < -0.4 is 15.4 Å². The highest BCUT2D eigenvalue weighted by Gasteiger charge is 2.03. The molecule has 0 aliphatic rings. The molecular weight excluding hydrogens is 322 g/mol. The minimum absolute atomic E-state index is 0.175. The molecule has 0 atom stereocenters. The van der Waals surface area contributed by atoms with Crippen LogP contribution in [0.4, 0.5) is 5.69 Å². The third kappa shape index (κ3) is 9.56. The molecule has 0 spiro atoms. The maximum absolute atomic E-state index is 11.3. The summed E-state index contributed by atoms with van der Waals surface area (Å²) in [5.74, 6) is 1.25. The topological polar surface area (TPSA) is 81.2 Å². The first-order valence-electron chi connectivity index (χ1n) is 8.54. The molecule has 0 bridgehead atoms. The van der Waals surface area contributed by atoms with E-state index in [0.717, 1.165) is 17.9 Å². The van der Waals surface area contributed by atoms with Gasteiger partial charge in [0.1, 0.15) is 5.75 Å². The number of ether oxygens (including phenoxy) is 3. The lowest BCUT2D eigenvalue weighted by Gasteiger charge is -2.13.